The van der Waals surface area contributed by atoms with Gasteiger partial charge in [-0.1, -0.05) is 34.1 Å². The van der Waals surface area contributed by atoms with Crippen LogP contribution < -0.4 is 5.32 Å². The molecule has 0 radical (unpaired) electrons. The Morgan fingerprint density at radius 2 is 1.88 bits per heavy atom. The van der Waals surface area contributed by atoms with Gasteiger partial charge in [-0.15, -0.1) is 0 Å². The van der Waals surface area contributed by atoms with Crippen LogP contribution in [0.4, 0.5) is 20.3 Å². The molecule has 24 heavy (non-hydrogen) atoms. The van der Waals surface area contributed by atoms with E-state index in [1.54, 1.807) is 23.9 Å². The van der Waals surface area contributed by atoms with E-state index in [1.807, 2.05) is 19.9 Å². The Labute approximate surface area is 147 Å². The molecule has 0 aliphatic heterocycles. The van der Waals surface area contributed by atoms with Crippen LogP contribution in [0.3, 0.4) is 0 Å². The maximum atomic E-state index is 14.2. The fourth-order valence-corrected chi connectivity index (χ4v) is 3.27. The SMILES string of the molecule is Cc1cccc(F)c1Nc1c(-c2ccc(F)cc2Br)c(C)nn1C. The summed E-state index contributed by atoms with van der Waals surface area (Å²) in [4.78, 5) is 0. The molecule has 0 aliphatic carbocycles. The maximum Gasteiger partial charge on any atom is 0.146 e. The molecular weight excluding hydrogens is 376 g/mol. The van der Waals surface area contributed by atoms with Crippen LogP contribution in [0.25, 0.3) is 11.1 Å². The minimum absolute atomic E-state index is 0.327. The Bertz CT molecular complexity index is 899. The van der Waals surface area contributed by atoms with Crippen LogP contribution in [-0.2, 0) is 7.05 Å². The first-order valence-electron chi connectivity index (χ1n) is 7.39. The molecule has 1 heterocycles. The highest BCUT2D eigenvalue weighted by molar-refractivity contribution is 9.10. The van der Waals surface area contributed by atoms with Crippen molar-refractivity contribution < 1.29 is 8.78 Å². The summed E-state index contributed by atoms with van der Waals surface area (Å²) in [6, 6.07) is 9.39. The fourth-order valence-electron chi connectivity index (χ4n) is 2.72. The van der Waals surface area contributed by atoms with E-state index in [4.69, 9.17) is 0 Å². The second-order valence-electron chi connectivity index (χ2n) is 5.61. The minimum atomic E-state index is -0.335. The number of benzene rings is 2. The van der Waals surface area contributed by atoms with E-state index >= 15 is 0 Å². The van der Waals surface area contributed by atoms with Gasteiger partial charge in [0.15, 0.2) is 0 Å². The Morgan fingerprint density at radius 3 is 2.54 bits per heavy atom. The number of aromatic nitrogens is 2. The molecule has 0 saturated heterocycles. The summed E-state index contributed by atoms with van der Waals surface area (Å²) in [6.07, 6.45) is 0. The van der Waals surface area contributed by atoms with Gasteiger partial charge in [0.25, 0.3) is 0 Å². The first-order chi connectivity index (χ1) is 11.4. The second kappa shape index (κ2) is 6.36. The predicted octanol–water partition coefficient (Wildman–Crippen LogP) is 5.49. The zero-order valence-corrected chi connectivity index (χ0v) is 15.1. The van der Waals surface area contributed by atoms with Crippen LogP contribution >= 0.6 is 15.9 Å². The van der Waals surface area contributed by atoms with Gasteiger partial charge in [-0.05, 0) is 37.6 Å². The number of para-hydroxylation sites is 1. The zero-order valence-electron chi connectivity index (χ0n) is 13.5. The number of nitrogens with zero attached hydrogens (tertiary/aromatic N) is 2. The van der Waals surface area contributed by atoms with Crippen LogP contribution in [0.2, 0.25) is 0 Å². The highest BCUT2D eigenvalue weighted by Gasteiger charge is 2.19. The van der Waals surface area contributed by atoms with Gasteiger partial charge in [0.05, 0.1) is 11.4 Å². The van der Waals surface area contributed by atoms with E-state index in [2.05, 4.69) is 26.3 Å². The summed E-state index contributed by atoms with van der Waals surface area (Å²) in [5, 5.41) is 7.57. The summed E-state index contributed by atoms with van der Waals surface area (Å²) in [5.41, 5.74) is 3.55. The Kier molecular flexibility index (Phi) is 4.41. The smallest absolute Gasteiger partial charge is 0.146 e. The van der Waals surface area contributed by atoms with Gasteiger partial charge in [-0.25, -0.2) is 8.78 Å². The normalized spacial score (nSPS) is 10.9. The number of nitrogens with one attached hydrogen (secondary N) is 1. The monoisotopic (exact) mass is 391 g/mol. The van der Waals surface area contributed by atoms with Crippen molar-refractivity contribution in [1.82, 2.24) is 9.78 Å². The fraction of sp³-hybridized carbons (Fsp3) is 0.167. The number of rotatable bonds is 3. The third-order valence-corrected chi connectivity index (χ3v) is 4.54. The molecule has 0 saturated carbocycles. The molecule has 0 bridgehead atoms. The van der Waals surface area contributed by atoms with E-state index in [1.165, 1.54) is 18.2 Å². The first kappa shape index (κ1) is 16.6. The van der Waals surface area contributed by atoms with E-state index in [0.717, 1.165) is 22.4 Å². The van der Waals surface area contributed by atoms with E-state index < -0.39 is 0 Å². The van der Waals surface area contributed by atoms with Crippen molar-refractivity contribution >= 4 is 27.4 Å². The average Bonchev–Trinajstić information content (AvgIpc) is 2.77. The third-order valence-electron chi connectivity index (χ3n) is 3.89. The summed E-state index contributed by atoms with van der Waals surface area (Å²) in [5.74, 6) is -0.0161. The van der Waals surface area contributed by atoms with Crippen LogP contribution in [0.15, 0.2) is 40.9 Å². The van der Waals surface area contributed by atoms with Gasteiger partial charge in [0.2, 0.25) is 0 Å². The quantitative estimate of drug-likeness (QED) is 0.639. The lowest BCUT2D eigenvalue weighted by Crippen LogP contribution is -2.03. The number of hydrogen-bond acceptors (Lipinski definition) is 2. The summed E-state index contributed by atoms with van der Waals surface area (Å²) in [7, 11) is 1.78. The first-order valence-corrected chi connectivity index (χ1v) is 8.19. The molecule has 124 valence electrons. The van der Waals surface area contributed by atoms with Crippen LogP contribution in [0, 0.1) is 25.5 Å². The number of anilines is 2. The molecule has 0 spiro atoms. The van der Waals surface area contributed by atoms with Crippen LogP contribution in [0.5, 0.6) is 0 Å². The molecular formula is C18H16BrF2N3. The Morgan fingerprint density at radius 1 is 1.12 bits per heavy atom. The molecule has 3 nitrogen and oxygen atoms in total. The van der Waals surface area contributed by atoms with Crippen LogP contribution in [0.1, 0.15) is 11.3 Å². The molecule has 3 rings (SSSR count). The van der Waals surface area contributed by atoms with E-state index in [0.29, 0.717) is 16.0 Å². The van der Waals surface area contributed by atoms with Crippen molar-refractivity contribution in [3.63, 3.8) is 0 Å². The molecule has 0 unspecified atom stereocenters. The van der Waals surface area contributed by atoms with Gasteiger partial charge in [-0.3, -0.25) is 4.68 Å². The van der Waals surface area contributed by atoms with Gasteiger partial charge in [0, 0.05) is 22.6 Å². The Balaban J connectivity index is 2.16. The van der Waals surface area contributed by atoms with Gasteiger partial charge in [0.1, 0.15) is 17.5 Å². The lowest BCUT2D eigenvalue weighted by Gasteiger charge is -2.14. The lowest BCUT2D eigenvalue weighted by atomic mass is 10.1. The largest absolute Gasteiger partial charge is 0.337 e. The van der Waals surface area contributed by atoms with Crippen molar-refractivity contribution in [3.8, 4) is 11.1 Å². The van der Waals surface area contributed by atoms with E-state index in [-0.39, 0.29) is 11.6 Å². The zero-order chi connectivity index (χ0) is 17.4. The summed E-state index contributed by atoms with van der Waals surface area (Å²) in [6.45, 7) is 3.70. The predicted molar refractivity (Wildman–Crippen MR) is 95.5 cm³/mol. The maximum absolute atomic E-state index is 14.2. The van der Waals surface area contributed by atoms with Crippen molar-refractivity contribution in [3.05, 3.63) is 63.8 Å². The lowest BCUT2D eigenvalue weighted by molar-refractivity contribution is 0.627. The van der Waals surface area contributed by atoms with Gasteiger partial charge >= 0.3 is 0 Å². The summed E-state index contributed by atoms with van der Waals surface area (Å²) >= 11 is 3.40. The molecule has 0 atom stereocenters. The topological polar surface area (TPSA) is 29.9 Å². The van der Waals surface area contributed by atoms with Crippen molar-refractivity contribution in [1.29, 1.82) is 0 Å². The van der Waals surface area contributed by atoms with Crippen LogP contribution in [-0.4, -0.2) is 9.78 Å². The Hall–Kier alpha value is -2.21. The molecule has 3 aromatic rings. The summed E-state index contributed by atoms with van der Waals surface area (Å²) < 4.78 is 29.9. The van der Waals surface area contributed by atoms with Crippen molar-refractivity contribution in [2.45, 2.75) is 13.8 Å². The van der Waals surface area contributed by atoms with Gasteiger partial charge in [-0.2, -0.15) is 5.10 Å². The van der Waals surface area contributed by atoms with E-state index in [9.17, 15) is 8.78 Å². The number of hydrogen-bond donors (Lipinski definition) is 1. The molecule has 0 fully saturated rings. The highest BCUT2D eigenvalue weighted by atomic mass is 79.9. The molecule has 6 heteroatoms. The third kappa shape index (κ3) is 2.94. The number of aryl methyl sites for hydroxylation is 3. The highest BCUT2D eigenvalue weighted by Crippen LogP contribution is 2.38. The minimum Gasteiger partial charge on any atom is -0.337 e. The molecule has 0 aliphatic rings. The number of halogens is 3. The average molecular weight is 392 g/mol. The molecule has 1 N–H and O–H groups in total. The molecule has 2 aromatic carbocycles. The van der Waals surface area contributed by atoms with Crippen molar-refractivity contribution in [2.75, 3.05) is 5.32 Å². The van der Waals surface area contributed by atoms with Gasteiger partial charge < -0.3 is 5.32 Å². The second-order valence-corrected chi connectivity index (χ2v) is 6.47. The standard InChI is InChI=1S/C18H16BrF2N3/c1-10-5-4-6-15(21)17(10)22-18-16(11(2)23-24(18)3)13-8-7-12(20)9-14(13)19/h4-9,22H,1-3H3. The van der Waals surface area contributed by atoms with Crippen molar-refractivity contribution in [2.24, 2.45) is 7.05 Å². The molecule has 0 amide bonds. The molecule has 1 aromatic heterocycles.